The highest BCUT2D eigenvalue weighted by atomic mass is 79.9. The molecule has 4 aromatic carbocycles. The first kappa shape index (κ1) is 29.7. The monoisotopic (exact) mass is 696 g/mol. The predicted molar refractivity (Wildman–Crippen MR) is 185 cm³/mol. The largest absolute Gasteiger partial charge is 0.115 e. The Bertz CT molecular complexity index is 1280. The lowest BCUT2D eigenvalue weighted by molar-refractivity contribution is 1.38. The summed E-state index contributed by atoms with van der Waals surface area (Å²) in [5.41, 5.74) is 2.68. The molecule has 0 nitrogen and oxygen atoms in total. The van der Waals surface area contributed by atoms with Crippen LogP contribution in [0.4, 0.5) is 0 Å². The highest BCUT2D eigenvalue weighted by Crippen LogP contribution is 2.43. The lowest BCUT2D eigenvalue weighted by atomic mass is 10.2. The van der Waals surface area contributed by atoms with Gasteiger partial charge in [-0.1, -0.05) is 170 Å². The second-order valence-corrected chi connectivity index (χ2v) is 23.5. The Morgan fingerprint density at radius 3 is 1.24 bits per heavy atom. The molecule has 0 spiro atoms. The highest BCUT2D eigenvalue weighted by molar-refractivity contribution is 9.10. The number of halogens is 2. The smallest absolute Gasteiger partial charge is 0.106 e. The summed E-state index contributed by atoms with van der Waals surface area (Å²) in [6, 6.07) is 39.8. The normalized spacial score (nSPS) is 11.8. The van der Waals surface area contributed by atoms with Gasteiger partial charge in [0, 0.05) is 24.7 Å². The summed E-state index contributed by atoms with van der Waals surface area (Å²) in [6.07, 6.45) is 0. The van der Waals surface area contributed by atoms with Crippen molar-refractivity contribution in [3.05, 3.63) is 138 Å². The van der Waals surface area contributed by atoms with E-state index in [2.05, 4.69) is 167 Å². The van der Waals surface area contributed by atoms with E-state index in [9.17, 15) is 0 Å². The van der Waals surface area contributed by atoms with Gasteiger partial charge in [-0.15, -0.1) is 23.5 Å². The van der Waals surface area contributed by atoms with Gasteiger partial charge >= 0.3 is 0 Å². The predicted octanol–water partition coefficient (Wildman–Crippen LogP) is 9.90. The standard InChI is InChI=1S/C32H34Br2S2Si2/c1-37(2,27-17-7-5-8-18-27)32(38(3,4)28-19-9-6-10-20-28)31(35-23-25-15-11-13-21-29(25)33)36-24-26-16-12-14-22-30(26)34/h5-22H,23-24H2,1-4H3. The van der Waals surface area contributed by atoms with Gasteiger partial charge in [0.2, 0.25) is 0 Å². The molecule has 196 valence electrons. The van der Waals surface area contributed by atoms with Gasteiger partial charge in [-0.3, -0.25) is 0 Å². The first-order valence-corrected chi connectivity index (χ1v) is 22.4. The first-order chi connectivity index (χ1) is 18.2. The molecule has 0 amide bonds. The average Bonchev–Trinajstić information content (AvgIpc) is 2.92. The van der Waals surface area contributed by atoms with Crippen LogP contribution in [0.5, 0.6) is 0 Å². The minimum atomic E-state index is -2.02. The molecule has 0 heterocycles. The van der Waals surface area contributed by atoms with Gasteiger partial charge < -0.3 is 0 Å². The third-order valence-electron chi connectivity index (χ3n) is 7.08. The van der Waals surface area contributed by atoms with E-state index in [0.29, 0.717) is 0 Å². The molecule has 0 N–H and O–H groups in total. The van der Waals surface area contributed by atoms with E-state index in [1.54, 1.807) is 4.82 Å². The molecule has 0 atom stereocenters. The molecule has 0 aliphatic heterocycles. The van der Waals surface area contributed by atoms with Crippen LogP contribution in [-0.2, 0) is 11.5 Å². The summed E-state index contributed by atoms with van der Waals surface area (Å²) in [4.78, 5) is 1.73. The third kappa shape index (κ3) is 7.07. The van der Waals surface area contributed by atoms with Crippen molar-refractivity contribution < 1.29 is 0 Å². The van der Waals surface area contributed by atoms with E-state index in [1.807, 2.05) is 23.5 Å². The maximum absolute atomic E-state index is 3.80. The Hall–Kier alpha value is -1.29. The Kier molecular flexibility index (Phi) is 10.5. The number of benzene rings is 4. The quantitative estimate of drug-likeness (QED) is 0.151. The Morgan fingerprint density at radius 2 is 0.868 bits per heavy atom. The Morgan fingerprint density at radius 1 is 0.526 bits per heavy atom. The van der Waals surface area contributed by atoms with Gasteiger partial charge in [-0.25, -0.2) is 0 Å². The molecule has 0 aliphatic carbocycles. The van der Waals surface area contributed by atoms with Gasteiger partial charge in [-0.05, 0) is 23.3 Å². The van der Waals surface area contributed by atoms with E-state index in [1.165, 1.54) is 34.7 Å². The van der Waals surface area contributed by atoms with Crippen LogP contribution in [0.2, 0.25) is 26.2 Å². The summed E-state index contributed by atoms with van der Waals surface area (Å²) in [5.74, 6) is 1.89. The molecule has 0 bridgehead atoms. The van der Waals surface area contributed by atoms with Crippen molar-refractivity contribution in [3.63, 3.8) is 0 Å². The van der Waals surface area contributed by atoms with Crippen LogP contribution in [0, 0.1) is 0 Å². The van der Waals surface area contributed by atoms with Crippen molar-refractivity contribution in [1.82, 2.24) is 0 Å². The number of hydrogen-bond donors (Lipinski definition) is 0. The summed E-state index contributed by atoms with van der Waals surface area (Å²) < 4.78 is 3.88. The number of thioether (sulfide) groups is 2. The van der Waals surface area contributed by atoms with Crippen LogP contribution in [0.25, 0.3) is 0 Å². The molecular weight excluding hydrogens is 664 g/mol. The second kappa shape index (κ2) is 13.4. The van der Waals surface area contributed by atoms with E-state index in [0.717, 1.165) is 11.5 Å². The molecule has 0 fully saturated rings. The van der Waals surface area contributed by atoms with Crippen molar-refractivity contribution in [1.29, 1.82) is 0 Å². The highest BCUT2D eigenvalue weighted by Gasteiger charge is 2.42. The van der Waals surface area contributed by atoms with Crippen molar-refractivity contribution >= 4 is 81.9 Å². The first-order valence-electron chi connectivity index (χ1n) is 12.8. The van der Waals surface area contributed by atoms with Crippen LogP contribution in [0.1, 0.15) is 11.1 Å². The Labute approximate surface area is 256 Å². The molecule has 0 radical (unpaired) electrons. The molecular formula is C32H34Br2S2Si2. The average molecular weight is 699 g/mol. The minimum Gasteiger partial charge on any atom is -0.115 e. The van der Waals surface area contributed by atoms with Crippen molar-refractivity contribution in [2.24, 2.45) is 0 Å². The zero-order valence-electron chi connectivity index (χ0n) is 22.4. The van der Waals surface area contributed by atoms with Crippen LogP contribution >= 0.6 is 55.4 Å². The third-order valence-corrected chi connectivity index (χ3v) is 22.2. The minimum absolute atomic E-state index is 0.946. The van der Waals surface area contributed by atoms with Crippen molar-refractivity contribution in [3.8, 4) is 0 Å². The van der Waals surface area contributed by atoms with Gasteiger partial charge in [0.25, 0.3) is 0 Å². The lowest BCUT2D eigenvalue weighted by Gasteiger charge is -2.39. The zero-order valence-corrected chi connectivity index (χ0v) is 29.2. The molecule has 0 saturated carbocycles. The van der Waals surface area contributed by atoms with Crippen LogP contribution in [0.3, 0.4) is 0 Å². The fourth-order valence-electron chi connectivity index (χ4n) is 4.99. The topological polar surface area (TPSA) is 0 Å². The number of rotatable bonds is 10. The van der Waals surface area contributed by atoms with Gasteiger partial charge in [-0.2, -0.15) is 0 Å². The van der Waals surface area contributed by atoms with Crippen molar-refractivity contribution in [2.75, 3.05) is 0 Å². The van der Waals surface area contributed by atoms with E-state index >= 15 is 0 Å². The fourth-order valence-corrected chi connectivity index (χ4v) is 23.0. The lowest BCUT2D eigenvalue weighted by Crippen LogP contribution is -2.57. The SMILES string of the molecule is C[Si](C)(C(=C(SCc1ccccc1Br)SCc1ccccc1Br)[Si](C)(C)c1ccccc1)c1ccccc1. The van der Waals surface area contributed by atoms with E-state index in [-0.39, 0.29) is 0 Å². The van der Waals surface area contributed by atoms with Crippen molar-refractivity contribution in [2.45, 2.75) is 37.7 Å². The van der Waals surface area contributed by atoms with Crippen LogP contribution in [0.15, 0.2) is 127 Å². The molecule has 0 unspecified atom stereocenters. The number of hydrogen-bond acceptors (Lipinski definition) is 2. The fraction of sp³-hybridized carbons (Fsp3) is 0.188. The maximum Gasteiger partial charge on any atom is 0.106 e. The summed E-state index contributed by atoms with van der Waals surface area (Å²) >= 11 is 11.7. The molecule has 38 heavy (non-hydrogen) atoms. The van der Waals surface area contributed by atoms with Gasteiger partial charge in [0.05, 0.1) is 0 Å². The van der Waals surface area contributed by atoms with Gasteiger partial charge in [0.15, 0.2) is 0 Å². The summed E-state index contributed by atoms with van der Waals surface area (Å²) in [6.45, 7) is 10.3. The maximum atomic E-state index is 3.80. The van der Waals surface area contributed by atoms with E-state index < -0.39 is 16.1 Å². The second-order valence-electron chi connectivity index (χ2n) is 10.4. The molecule has 6 heteroatoms. The van der Waals surface area contributed by atoms with E-state index in [4.69, 9.17) is 0 Å². The Balaban J connectivity index is 1.89. The molecule has 4 rings (SSSR count). The van der Waals surface area contributed by atoms with Gasteiger partial charge in [0.1, 0.15) is 16.1 Å². The molecule has 0 aromatic heterocycles. The molecule has 0 saturated heterocycles. The van der Waals surface area contributed by atoms with Crippen LogP contribution in [-0.4, -0.2) is 16.1 Å². The summed E-state index contributed by atoms with van der Waals surface area (Å²) in [5, 5.41) is 3.01. The molecule has 4 aromatic rings. The zero-order chi connectivity index (χ0) is 27.2. The van der Waals surface area contributed by atoms with Crippen LogP contribution < -0.4 is 10.4 Å². The molecule has 0 aliphatic rings. The summed E-state index contributed by atoms with van der Waals surface area (Å²) in [7, 11) is -4.03.